The van der Waals surface area contributed by atoms with E-state index >= 15 is 0 Å². The molecule has 0 bridgehead atoms. The van der Waals surface area contributed by atoms with Gasteiger partial charge < -0.3 is 4.90 Å². The van der Waals surface area contributed by atoms with Gasteiger partial charge in [-0.3, -0.25) is 9.20 Å². The maximum absolute atomic E-state index is 12.3. The number of imidazole rings is 1. The minimum absolute atomic E-state index is 0.333. The molecule has 0 spiro atoms. The topological polar surface area (TPSA) is 37.6 Å². The molecule has 1 saturated carbocycles. The van der Waals surface area contributed by atoms with E-state index in [4.69, 9.17) is 4.98 Å². The summed E-state index contributed by atoms with van der Waals surface area (Å²) in [5, 5.41) is 2.11. The first-order valence-electron chi connectivity index (χ1n) is 7.45. The predicted octanol–water partition coefficient (Wildman–Crippen LogP) is 2.82. The van der Waals surface area contributed by atoms with Crippen molar-refractivity contribution in [3.05, 3.63) is 23.1 Å². The van der Waals surface area contributed by atoms with Gasteiger partial charge in [-0.05, 0) is 32.6 Å². The lowest BCUT2D eigenvalue weighted by Crippen LogP contribution is -2.40. The second-order valence-electron chi connectivity index (χ2n) is 6.02. The smallest absolute Gasteiger partial charge is 0.225 e. The Bertz CT molecular complexity index is 655. The highest BCUT2D eigenvalue weighted by Crippen LogP contribution is 2.36. The van der Waals surface area contributed by atoms with E-state index in [-0.39, 0.29) is 0 Å². The Morgan fingerprint density at radius 1 is 1.40 bits per heavy atom. The Morgan fingerprint density at radius 2 is 2.25 bits per heavy atom. The summed E-state index contributed by atoms with van der Waals surface area (Å²) in [4.78, 5) is 20.4. The maximum atomic E-state index is 12.3. The highest BCUT2D eigenvalue weighted by Gasteiger charge is 2.36. The van der Waals surface area contributed by atoms with Gasteiger partial charge in [0, 0.05) is 36.5 Å². The number of hydrogen-bond donors (Lipinski definition) is 0. The van der Waals surface area contributed by atoms with E-state index in [2.05, 4.69) is 27.8 Å². The van der Waals surface area contributed by atoms with Crippen molar-refractivity contribution in [1.29, 1.82) is 0 Å². The van der Waals surface area contributed by atoms with E-state index < -0.39 is 0 Å². The van der Waals surface area contributed by atoms with Crippen molar-refractivity contribution in [2.45, 2.75) is 38.5 Å². The number of thiazole rings is 1. The molecule has 2 aromatic rings. The van der Waals surface area contributed by atoms with Gasteiger partial charge in [-0.1, -0.05) is 0 Å². The van der Waals surface area contributed by atoms with Crippen LogP contribution in [-0.4, -0.2) is 33.3 Å². The summed E-state index contributed by atoms with van der Waals surface area (Å²) in [5.41, 5.74) is 1.20. The minimum atomic E-state index is 0.333. The summed E-state index contributed by atoms with van der Waals surface area (Å²) in [6.07, 6.45) is 6.53. The van der Waals surface area contributed by atoms with E-state index in [0.717, 1.165) is 44.6 Å². The van der Waals surface area contributed by atoms with Gasteiger partial charge in [0.15, 0.2) is 0 Å². The van der Waals surface area contributed by atoms with Crippen molar-refractivity contribution in [3.8, 4) is 0 Å². The van der Waals surface area contributed by atoms with Crippen LogP contribution in [0.15, 0.2) is 11.6 Å². The molecule has 1 saturated heterocycles. The summed E-state index contributed by atoms with van der Waals surface area (Å²) in [7, 11) is 0. The maximum Gasteiger partial charge on any atom is 0.225 e. The fourth-order valence-corrected chi connectivity index (χ4v) is 4.20. The zero-order valence-electron chi connectivity index (χ0n) is 11.7. The Morgan fingerprint density at radius 3 is 3.05 bits per heavy atom. The Hall–Kier alpha value is -1.36. The largest absolute Gasteiger partial charge is 0.342 e. The third-order valence-electron chi connectivity index (χ3n) is 4.50. The Labute approximate surface area is 122 Å². The molecule has 1 aliphatic carbocycles. The highest BCUT2D eigenvalue weighted by atomic mass is 32.1. The standard InChI is InChI=1S/C15H19N3OS/c1-10-16-13(15-18(10)7-8-20-15)12-3-2-6-17(9-12)14(19)11-4-5-11/h7-8,11-12H,2-6,9H2,1H3/t12-/m0/s1. The summed E-state index contributed by atoms with van der Waals surface area (Å²) in [6, 6.07) is 0. The minimum Gasteiger partial charge on any atom is -0.342 e. The van der Waals surface area contributed by atoms with Crippen molar-refractivity contribution in [2.24, 2.45) is 5.92 Å². The molecule has 2 aliphatic rings. The number of amides is 1. The molecule has 2 aromatic heterocycles. The molecule has 1 atom stereocenters. The van der Waals surface area contributed by atoms with Crippen LogP contribution in [0.2, 0.25) is 0 Å². The van der Waals surface area contributed by atoms with Gasteiger partial charge in [0.1, 0.15) is 10.7 Å². The van der Waals surface area contributed by atoms with Gasteiger partial charge in [-0.2, -0.15) is 0 Å². The lowest BCUT2D eigenvalue weighted by atomic mass is 9.95. The van der Waals surface area contributed by atoms with Crippen molar-refractivity contribution in [1.82, 2.24) is 14.3 Å². The molecule has 3 heterocycles. The van der Waals surface area contributed by atoms with Gasteiger partial charge in [0.05, 0.1) is 5.69 Å². The van der Waals surface area contributed by atoms with E-state index in [9.17, 15) is 4.79 Å². The molecule has 1 aliphatic heterocycles. The van der Waals surface area contributed by atoms with Gasteiger partial charge in [-0.15, -0.1) is 11.3 Å². The Balaban J connectivity index is 1.61. The molecule has 0 aromatic carbocycles. The van der Waals surface area contributed by atoms with Crippen LogP contribution < -0.4 is 0 Å². The van der Waals surface area contributed by atoms with Crippen LogP contribution in [0.25, 0.3) is 4.83 Å². The summed E-state index contributed by atoms with van der Waals surface area (Å²) >= 11 is 1.75. The van der Waals surface area contributed by atoms with E-state index in [1.54, 1.807) is 11.3 Å². The molecule has 0 N–H and O–H groups in total. The number of piperidine rings is 1. The van der Waals surface area contributed by atoms with Crippen LogP contribution in [0, 0.1) is 12.8 Å². The zero-order valence-corrected chi connectivity index (χ0v) is 12.5. The van der Waals surface area contributed by atoms with Crippen LogP contribution in [0.5, 0.6) is 0 Å². The van der Waals surface area contributed by atoms with Gasteiger partial charge in [-0.25, -0.2) is 4.98 Å². The van der Waals surface area contributed by atoms with Gasteiger partial charge in [0.2, 0.25) is 5.91 Å². The molecule has 5 heteroatoms. The number of carbonyl (C=O) groups is 1. The van der Waals surface area contributed by atoms with E-state index in [1.807, 2.05) is 0 Å². The normalized spacial score (nSPS) is 23.4. The van der Waals surface area contributed by atoms with Crippen molar-refractivity contribution in [3.63, 3.8) is 0 Å². The van der Waals surface area contributed by atoms with Crippen molar-refractivity contribution in [2.75, 3.05) is 13.1 Å². The first-order chi connectivity index (χ1) is 9.74. The van der Waals surface area contributed by atoms with Crippen LogP contribution in [0.4, 0.5) is 0 Å². The van der Waals surface area contributed by atoms with Gasteiger partial charge in [0.25, 0.3) is 0 Å². The number of likely N-dealkylation sites (tertiary alicyclic amines) is 1. The van der Waals surface area contributed by atoms with E-state index in [1.165, 1.54) is 10.5 Å². The van der Waals surface area contributed by atoms with E-state index in [0.29, 0.717) is 17.7 Å². The second kappa shape index (κ2) is 4.58. The predicted molar refractivity (Wildman–Crippen MR) is 79.1 cm³/mol. The summed E-state index contributed by atoms with van der Waals surface area (Å²) < 4.78 is 2.17. The number of fused-ring (bicyclic) bond motifs is 1. The molecule has 1 amide bonds. The molecule has 0 radical (unpaired) electrons. The van der Waals surface area contributed by atoms with Crippen molar-refractivity contribution < 1.29 is 4.79 Å². The zero-order chi connectivity index (χ0) is 13.7. The number of hydrogen-bond acceptors (Lipinski definition) is 3. The third kappa shape index (κ3) is 1.95. The molecular formula is C15H19N3OS. The average molecular weight is 289 g/mol. The number of aryl methyl sites for hydroxylation is 1. The second-order valence-corrected chi connectivity index (χ2v) is 6.91. The average Bonchev–Trinajstić information content (AvgIpc) is 3.12. The quantitative estimate of drug-likeness (QED) is 0.852. The fraction of sp³-hybridized carbons (Fsp3) is 0.600. The summed E-state index contributed by atoms with van der Waals surface area (Å²) in [5.74, 6) is 2.18. The molecule has 4 rings (SSSR count). The molecule has 2 fully saturated rings. The monoisotopic (exact) mass is 289 g/mol. The summed E-state index contributed by atoms with van der Waals surface area (Å²) in [6.45, 7) is 3.85. The molecule has 106 valence electrons. The number of carbonyl (C=O) groups excluding carboxylic acids is 1. The Kier molecular flexibility index (Phi) is 2.84. The van der Waals surface area contributed by atoms with Crippen LogP contribution in [0.1, 0.15) is 43.1 Å². The van der Waals surface area contributed by atoms with Crippen LogP contribution in [-0.2, 0) is 4.79 Å². The van der Waals surface area contributed by atoms with Crippen LogP contribution >= 0.6 is 11.3 Å². The third-order valence-corrected chi connectivity index (χ3v) is 5.39. The molecular weight excluding hydrogens is 270 g/mol. The lowest BCUT2D eigenvalue weighted by molar-refractivity contribution is -0.133. The number of nitrogens with zero attached hydrogens (tertiary/aromatic N) is 3. The number of rotatable bonds is 2. The number of aromatic nitrogens is 2. The first-order valence-corrected chi connectivity index (χ1v) is 8.33. The SMILES string of the molecule is Cc1nc([C@H]2CCCN(C(=O)C3CC3)C2)c2sccn12. The first kappa shape index (κ1) is 12.4. The van der Waals surface area contributed by atoms with Crippen LogP contribution in [0.3, 0.4) is 0 Å². The molecule has 4 nitrogen and oxygen atoms in total. The highest BCUT2D eigenvalue weighted by molar-refractivity contribution is 7.15. The van der Waals surface area contributed by atoms with Gasteiger partial charge >= 0.3 is 0 Å². The lowest BCUT2D eigenvalue weighted by Gasteiger charge is -2.32. The fourth-order valence-electron chi connectivity index (χ4n) is 3.25. The van der Waals surface area contributed by atoms with Crippen molar-refractivity contribution >= 4 is 22.1 Å². The molecule has 0 unspecified atom stereocenters. The molecule has 20 heavy (non-hydrogen) atoms.